The highest BCUT2D eigenvalue weighted by atomic mass is 16.5. The number of nitrogens with one attached hydrogen (secondary N) is 2. The molecule has 2 aromatic carbocycles. The van der Waals surface area contributed by atoms with Crippen molar-refractivity contribution in [1.82, 2.24) is 10.2 Å². The number of nitrogens with zero attached hydrogens (tertiary/aromatic N) is 1. The van der Waals surface area contributed by atoms with Crippen molar-refractivity contribution in [2.24, 2.45) is 0 Å². The van der Waals surface area contributed by atoms with E-state index in [2.05, 4.69) is 10.6 Å². The first-order chi connectivity index (χ1) is 16.9. The summed E-state index contributed by atoms with van der Waals surface area (Å²) in [5, 5.41) is 5.83. The molecular formula is C27H33N3O5. The molecule has 186 valence electrons. The molecule has 2 aliphatic heterocycles. The van der Waals surface area contributed by atoms with Gasteiger partial charge in [-0.2, -0.15) is 0 Å². The van der Waals surface area contributed by atoms with Crippen LogP contribution in [0.3, 0.4) is 0 Å². The Hall–Kier alpha value is -3.39. The van der Waals surface area contributed by atoms with Crippen molar-refractivity contribution in [3.05, 3.63) is 59.7 Å². The van der Waals surface area contributed by atoms with Gasteiger partial charge in [-0.1, -0.05) is 37.3 Å². The molecule has 8 heteroatoms. The van der Waals surface area contributed by atoms with Gasteiger partial charge in [-0.25, -0.2) is 0 Å². The second-order valence-corrected chi connectivity index (χ2v) is 9.18. The molecule has 0 unspecified atom stereocenters. The lowest BCUT2D eigenvalue weighted by Crippen LogP contribution is -2.54. The number of carbonyl (C=O) groups is 3. The fourth-order valence-electron chi connectivity index (χ4n) is 4.69. The molecule has 0 radical (unpaired) electrons. The molecule has 2 N–H and O–H groups in total. The lowest BCUT2D eigenvalue weighted by atomic mass is 9.94. The van der Waals surface area contributed by atoms with E-state index in [9.17, 15) is 14.4 Å². The van der Waals surface area contributed by atoms with Crippen LogP contribution in [0.4, 0.5) is 5.69 Å². The average molecular weight is 480 g/mol. The summed E-state index contributed by atoms with van der Waals surface area (Å²) in [5.41, 5.74) is 2.03. The first-order valence-corrected chi connectivity index (χ1v) is 12.2. The minimum atomic E-state index is -0.338. The zero-order valence-electron chi connectivity index (χ0n) is 20.5. The Bertz CT molecular complexity index is 1070. The standard InChI is InChI=1S/C27H33N3O5/c1-4-25(31)29-19-10-13-23-21(14-19)27(33)30(3)22-12-11-20(35-24(22)16-34-23)15-26(32)28-17(2)18-8-6-5-7-9-18/h5-10,13-14,17,20,22,24H,4,11-12,15-16H2,1-3H3,(H,28,32)(H,29,31)/t17-,20+,22-,24+/m1/s1. The van der Waals surface area contributed by atoms with E-state index >= 15 is 0 Å². The number of benzene rings is 2. The van der Waals surface area contributed by atoms with E-state index in [1.807, 2.05) is 37.3 Å². The Balaban J connectivity index is 1.40. The van der Waals surface area contributed by atoms with E-state index in [4.69, 9.17) is 9.47 Å². The molecule has 3 amide bonds. The maximum Gasteiger partial charge on any atom is 0.257 e. The third-order valence-corrected chi connectivity index (χ3v) is 6.71. The molecule has 0 aromatic heterocycles. The fourth-order valence-corrected chi connectivity index (χ4v) is 4.69. The Morgan fingerprint density at radius 3 is 2.63 bits per heavy atom. The Labute approximate surface area is 206 Å². The second-order valence-electron chi connectivity index (χ2n) is 9.18. The Morgan fingerprint density at radius 1 is 1.11 bits per heavy atom. The molecule has 0 bridgehead atoms. The Kier molecular flexibility index (Phi) is 7.70. The summed E-state index contributed by atoms with van der Waals surface area (Å²) in [6.07, 6.45) is 1.42. The number of amides is 3. The van der Waals surface area contributed by atoms with Crippen LogP contribution in [-0.4, -0.2) is 54.5 Å². The van der Waals surface area contributed by atoms with Crippen molar-refractivity contribution in [2.45, 2.75) is 63.8 Å². The average Bonchev–Trinajstić information content (AvgIpc) is 2.86. The van der Waals surface area contributed by atoms with Gasteiger partial charge in [-0.3, -0.25) is 14.4 Å². The molecular weight excluding hydrogens is 446 g/mol. The van der Waals surface area contributed by atoms with Gasteiger partial charge in [-0.15, -0.1) is 0 Å². The maximum absolute atomic E-state index is 13.3. The number of hydrogen-bond acceptors (Lipinski definition) is 5. The van der Waals surface area contributed by atoms with Crippen molar-refractivity contribution < 1.29 is 23.9 Å². The molecule has 35 heavy (non-hydrogen) atoms. The van der Waals surface area contributed by atoms with Gasteiger partial charge >= 0.3 is 0 Å². The van der Waals surface area contributed by atoms with Gasteiger partial charge in [0.15, 0.2) is 0 Å². The van der Waals surface area contributed by atoms with Gasteiger partial charge in [0.25, 0.3) is 5.91 Å². The SMILES string of the molecule is CCC(=O)Nc1ccc2c(c1)C(=O)N(C)[C@@H]1CC[C@@H](CC(=O)N[C@H](C)c3ccccc3)O[C@H]1CO2. The van der Waals surface area contributed by atoms with E-state index in [1.165, 1.54) is 0 Å². The largest absolute Gasteiger partial charge is 0.490 e. The fraction of sp³-hybridized carbons (Fsp3) is 0.444. The van der Waals surface area contributed by atoms with Gasteiger partial charge in [0.05, 0.1) is 30.2 Å². The van der Waals surface area contributed by atoms with E-state index < -0.39 is 0 Å². The van der Waals surface area contributed by atoms with Crippen LogP contribution < -0.4 is 15.4 Å². The van der Waals surface area contributed by atoms with Crippen LogP contribution in [-0.2, 0) is 14.3 Å². The highest BCUT2D eigenvalue weighted by molar-refractivity contribution is 5.99. The molecule has 2 heterocycles. The van der Waals surface area contributed by atoms with Crippen molar-refractivity contribution >= 4 is 23.4 Å². The monoisotopic (exact) mass is 479 g/mol. The highest BCUT2D eigenvalue weighted by Gasteiger charge is 2.39. The van der Waals surface area contributed by atoms with Crippen LogP contribution in [0.15, 0.2) is 48.5 Å². The third-order valence-electron chi connectivity index (χ3n) is 6.71. The summed E-state index contributed by atoms with van der Waals surface area (Å²) in [4.78, 5) is 39.4. The first kappa shape index (κ1) is 24.7. The van der Waals surface area contributed by atoms with Crippen LogP contribution >= 0.6 is 0 Å². The quantitative estimate of drug-likeness (QED) is 0.659. The third kappa shape index (κ3) is 5.82. The number of fused-ring (bicyclic) bond motifs is 2. The maximum atomic E-state index is 13.3. The molecule has 2 aliphatic rings. The first-order valence-electron chi connectivity index (χ1n) is 12.2. The topological polar surface area (TPSA) is 97.0 Å². The number of ether oxygens (including phenoxy) is 2. The summed E-state index contributed by atoms with van der Waals surface area (Å²) < 4.78 is 12.3. The van der Waals surface area contributed by atoms with Crippen molar-refractivity contribution in [1.29, 1.82) is 0 Å². The van der Waals surface area contributed by atoms with Gasteiger partial charge in [0, 0.05) is 19.2 Å². The summed E-state index contributed by atoms with van der Waals surface area (Å²) in [6.45, 7) is 4.01. The number of carbonyl (C=O) groups excluding carboxylic acids is 3. The summed E-state index contributed by atoms with van der Waals surface area (Å²) >= 11 is 0. The number of rotatable bonds is 6. The number of anilines is 1. The minimum absolute atomic E-state index is 0.0620. The van der Waals surface area contributed by atoms with Gasteiger partial charge < -0.3 is 25.0 Å². The van der Waals surface area contributed by atoms with Crippen molar-refractivity contribution in [3.63, 3.8) is 0 Å². The minimum Gasteiger partial charge on any atom is -0.490 e. The lowest BCUT2D eigenvalue weighted by molar-refractivity contribution is -0.134. The normalized spacial score (nSPS) is 22.5. The molecule has 1 fully saturated rings. The molecule has 0 spiro atoms. The van der Waals surface area contributed by atoms with Crippen LogP contribution in [0.5, 0.6) is 5.75 Å². The zero-order chi connectivity index (χ0) is 24.9. The van der Waals surface area contributed by atoms with E-state index in [1.54, 1.807) is 37.1 Å². The van der Waals surface area contributed by atoms with Crippen LogP contribution in [0, 0.1) is 0 Å². The molecule has 0 saturated carbocycles. The molecule has 1 saturated heterocycles. The van der Waals surface area contributed by atoms with E-state index in [0.717, 1.165) is 5.56 Å². The van der Waals surface area contributed by atoms with Crippen LogP contribution in [0.1, 0.15) is 61.5 Å². The van der Waals surface area contributed by atoms with Crippen molar-refractivity contribution in [2.75, 3.05) is 19.0 Å². The van der Waals surface area contributed by atoms with E-state index in [0.29, 0.717) is 36.3 Å². The smallest absolute Gasteiger partial charge is 0.257 e. The molecule has 4 atom stereocenters. The highest BCUT2D eigenvalue weighted by Crippen LogP contribution is 2.32. The van der Waals surface area contributed by atoms with Gasteiger partial charge in [0.1, 0.15) is 18.5 Å². The van der Waals surface area contributed by atoms with Gasteiger partial charge in [-0.05, 0) is 43.5 Å². The second kappa shape index (κ2) is 10.9. The number of hydrogen-bond donors (Lipinski definition) is 2. The predicted molar refractivity (Wildman–Crippen MR) is 132 cm³/mol. The molecule has 4 rings (SSSR count). The van der Waals surface area contributed by atoms with Crippen LogP contribution in [0.2, 0.25) is 0 Å². The Morgan fingerprint density at radius 2 is 1.89 bits per heavy atom. The summed E-state index contributed by atoms with van der Waals surface area (Å²) in [6, 6.07) is 14.7. The molecule has 0 aliphatic carbocycles. The molecule has 8 nitrogen and oxygen atoms in total. The van der Waals surface area contributed by atoms with Crippen LogP contribution in [0.25, 0.3) is 0 Å². The van der Waals surface area contributed by atoms with E-state index in [-0.39, 0.29) is 55.0 Å². The van der Waals surface area contributed by atoms with Crippen molar-refractivity contribution in [3.8, 4) is 5.75 Å². The zero-order valence-corrected chi connectivity index (χ0v) is 20.5. The van der Waals surface area contributed by atoms with Gasteiger partial charge in [0.2, 0.25) is 11.8 Å². The number of likely N-dealkylation sites (N-methyl/N-ethyl adjacent to an activating group) is 1. The summed E-state index contributed by atoms with van der Waals surface area (Å²) in [5.74, 6) is 0.0909. The molecule has 2 aromatic rings. The summed E-state index contributed by atoms with van der Waals surface area (Å²) in [7, 11) is 1.77. The predicted octanol–water partition coefficient (Wildman–Crippen LogP) is 3.68. The lowest BCUT2D eigenvalue weighted by Gasteiger charge is -2.42.